The van der Waals surface area contributed by atoms with Gasteiger partial charge in [0, 0.05) is 54.4 Å². The molecule has 136 valence electrons. The Morgan fingerprint density at radius 3 is 2.67 bits per heavy atom. The molecule has 5 nitrogen and oxygen atoms in total. The number of ether oxygens (including phenoxy) is 1. The molecule has 1 aliphatic heterocycles. The van der Waals surface area contributed by atoms with Gasteiger partial charge in [0.25, 0.3) is 0 Å². The molecule has 1 aromatic rings. The van der Waals surface area contributed by atoms with Gasteiger partial charge in [-0.05, 0) is 39.8 Å². The number of morpholine rings is 1. The van der Waals surface area contributed by atoms with Crippen LogP contribution in [0.25, 0.3) is 0 Å². The van der Waals surface area contributed by atoms with Gasteiger partial charge in [-0.1, -0.05) is 0 Å². The summed E-state index contributed by atoms with van der Waals surface area (Å²) >= 11 is 1.87. The predicted octanol–water partition coefficient (Wildman–Crippen LogP) is 2.26. The van der Waals surface area contributed by atoms with E-state index in [2.05, 4.69) is 60.4 Å². The minimum Gasteiger partial charge on any atom is -0.379 e. The van der Waals surface area contributed by atoms with E-state index in [0.717, 1.165) is 45.2 Å². The van der Waals surface area contributed by atoms with Crippen LogP contribution in [0.15, 0.2) is 17.1 Å². The second-order valence-electron chi connectivity index (χ2n) is 7.10. The summed E-state index contributed by atoms with van der Waals surface area (Å²) in [6.07, 6.45) is 1.02. The van der Waals surface area contributed by atoms with Gasteiger partial charge in [-0.2, -0.15) is 0 Å². The van der Waals surface area contributed by atoms with Gasteiger partial charge in [-0.3, -0.25) is 9.89 Å². The third-order valence-electron chi connectivity index (χ3n) is 4.47. The molecule has 2 heterocycles. The van der Waals surface area contributed by atoms with E-state index in [-0.39, 0.29) is 5.54 Å². The molecule has 1 aliphatic rings. The summed E-state index contributed by atoms with van der Waals surface area (Å²) < 4.78 is 5.46. The van der Waals surface area contributed by atoms with Crippen LogP contribution >= 0.6 is 11.3 Å². The molecule has 0 spiro atoms. The van der Waals surface area contributed by atoms with Crippen LogP contribution in [-0.2, 0) is 11.2 Å². The van der Waals surface area contributed by atoms with Crippen molar-refractivity contribution in [3.8, 4) is 0 Å². The summed E-state index contributed by atoms with van der Waals surface area (Å²) in [5, 5.41) is 6.99. The lowest BCUT2D eigenvalue weighted by Gasteiger charge is -2.41. The second-order valence-corrected chi connectivity index (χ2v) is 8.47. The maximum absolute atomic E-state index is 5.46. The summed E-state index contributed by atoms with van der Waals surface area (Å²) in [5.74, 6) is 0.872. The molecule has 1 saturated heterocycles. The molecule has 2 rings (SSSR count). The zero-order valence-corrected chi connectivity index (χ0v) is 16.5. The summed E-state index contributed by atoms with van der Waals surface area (Å²) in [7, 11) is 1.83. The Morgan fingerprint density at radius 1 is 1.38 bits per heavy atom. The molecule has 0 saturated carbocycles. The lowest BCUT2D eigenvalue weighted by molar-refractivity contribution is -0.00834. The third kappa shape index (κ3) is 5.76. The van der Waals surface area contributed by atoms with E-state index in [9.17, 15) is 0 Å². The van der Waals surface area contributed by atoms with E-state index < -0.39 is 0 Å². The maximum atomic E-state index is 5.46. The van der Waals surface area contributed by atoms with Gasteiger partial charge in [0.2, 0.25) is 0 Å². The van der Waals surface area contributed by atoms with Crippen LogP contribution in [-0.4, -0.2) is 62.3 Å². The minimum atomic E-state index is 0.0789. The number of thiophene rings is 1. The fourth-order valence-corrected chi connectivity index (χ4v) is 3.98. The van der Waals surface area contributed by atoms with Gasteiger partial charge in [0.05, 0.1) is 13.2 Å². The van der Waals surface area contributed by atoms with Crippen molar-refractivity contribution in [2.45, 2.75) is 45.7 Å². The number of nitrogens with one attached hydrogen (secondary N) is 2. The van der Waals surface area contributed by atoms with Crippen LogP contribution in [0.4, 0.5) is 0 Å². The first kappa shape index (κ1) is 19.2. The number of hydrogen-bond donors (Lipinski definition) is 2. The zero-order chi connectivity index (χ0) is 17.6. The van der Waals surface area contributed by atoms with Gasteiger partial charge in [0.1, 0.15) is 0 Å². The molecular weight excluding hydrogens is 320 g/mol. The highest BCUT2D eigenvalue weighted by molar-refractivity contribution is 7.11. The monoisotopic (exact) mass is 352 g/mol. The van der Waals surface area contributed by atoms with E-state index in [1.807, 2.05) is 18.4 Å². The van der Waals surface area contributed by atoms with Crippen molar-refractivity contribution in [1.29, 1.82) is 0 Å². The van der Waals surface area contributed by atoms with Crippen LogP contribution in [0.3, 0.4) is 0 Å². The first-order valence-electron chi connectivity index (χ1n) is 8.76. The molecular formula is C18H32N4OS. The van der Waals surface area contributed by atoms with Crippen LogP contribution < -0.4 is 10.6 Å². The van der Waals surface area contributed by atoms with Crippen LogP contribution in [0.2, 0.25) is 0 Å². The van der Waals surface area contributed by atoms with Crippen molar-refractivity contribution in [3.63, 3.8) is 0 Å². The molecule has 24 heavy (non-hydrogen) atoms. The largest absolute Gasteiger partial charge is 0.379 e. The van der Waals surface area contributed by atoms with Crippen LogP contribution in [0.1, 0.15) is 30.5 Å². The van der Waals surface area contributed by atoms with Gasteiger partial charge in [0.15, 0.2) is 5.96 Å². The maximum Gasteiger partial charge on any atom is 0.191 e. The molecule has 0 amide bonds. The highest BCUT2D eigenvalue weighted by atomic mass is 32.1. The number of rotatable bonds is 6. The Bertz CT molecular complexity index is 535. The highest BCUT2D eigenvalue weighted by Crippen LogP contribution is 2.17. The average Bonchev–Trinajstić information content (AvgIpc) is 2.97. The molecule has 0 bridgehead atoms. The Balaban J connectivity index is 1.80. The third-order valence-corrected chi connectivity index (χ3v) is 5.49. The lowest BCUT2D eigenvalue weighted by Crippen LogP contribution is -2.57. The first-order valence-corrected chi connectivity index (χ1v) is 9.57. The van der Waals surface area contributed by atoms with Crippen LogP contribution in [0.5, 0.6) is 0 Å². The normalized spacial score (nSPS) is 18.5. The zero-order valence-electron chi connectivity index (χ0n) is 15.7. The number of nitrogens with zero attached hydrogens (tertiary/aromatic N) is 2. The van der Waals surface area contributed by atoms with Gasteiger partial charge < -0.3 is 15.4 Å². The molecule has 0 radical (unpaired) electrons. The predicted molar refractivity (Wildman–Crippen MR) is 103 cm³/mol. The number of guanidine groups is 1. The summed E-state index contributed by atoms with van der Waals surface area (Å²) in [6, 6.07) is 4.75. The summed E-state index contributed by atoms with van der Waals surface area (Å²) in [5.41, 5.74) is 0.0789. The Hall–Kier alpha value is -1.11. The standard InChI is InChI=1S/C18H32N4OS/c1-14(12-16-7-6-15(2)24-16)21-17(19-5)20-13-18(3,4)22-8-10-23-11-9-22/h6-7,14H,8-13H2,1-5H3,(H2,19,20,21). The fourth-order valence-electron chi connectivity index (χ4n) is 2.96. The van der Waals surface area contributed by atoms with Crippen molar-refractivity contribution in [2.75, 3.05) is 39.9 Å². The van der Waals surface area contributed by atoms with E-state index in [0.29, 0.717) is 6.04 Å². The summed E-state index contributed by atoms with van der Waals surface area (Å²) in [4.78, 5) is 9.64. The number of aliphatic imine (C=N–C) groups is 1. The van der Waals surface area contributed by atoms with Crippen molar-refractivity contribution in [3.05, 3.63) is 21.9 Å². The SMILES string of the molecule is CN=C(NCC(C)(C)N1CCOCC1)NC(C)Cc1ccc(C)s1. The van der Waals surface area contributed by atoms with Gasteiger partial charge in [-0.15, -0.1) is 11.3 Å². The van der Waals surface area contributed by atoms with Crippen molar-refractivity contribution < 1.29 is 4.74 Å². The molecule has 6 heteroatoms. The lowest BCUT2D eigenvalue weighted by atomic mass is 10.0. The molecule has 2 N–H and O–H groups in total. The Kier molecular flexibility index (Phi) is 7.07. The minimum absolute atomic E-state index is 0.0789. The van der Waals surface area contributed by atoms with Crippen molar-refractivity contribution in [1.82, 2.24) is 15.5 Å². The number of aryl methyl sites for hydroxylation is 1. The highest BCUT2D eigenvalue weighted by Gasteiger charge is 2.28. The topological polar surface area (TPSA) is 48.9 Å². The van der Waals surface area contributed by atoms with E-state index >= 15 is 0 Å². The number of hydrogen-bond acceptors (Lipinski definition) is 4. The van der Waals surface area contributed by atoms with Crippen molar-refractivity contribution in [2.24, 2.45) is 4.99 Å². The first-order chi connectivity index (χ1) is 11.4. The van der Waals surface area contributed by atoms with E-state index in [1.54, 1.807) is 0 Å². The molecule has 1 atom stereocenters. The van der Waals surface area contributed by atoms with Crippen LogP contribution in [0, 0.1) is 6.92 Å². The van der Waals surface area contributed by atoms with Crippen molar-refractivity contribution >= 4 is 17.3 Å². The quantitative estimate of drug-likeness (QED) is 0.609. The molecule has 1 aromatic heterocycles. The van der Waals surface area contributed by atoms with Gasteiger partial charge in [-0.25, -0.2) is 0 Å². The van der Waals surface area contributed by atoms with Gasteiger partial charge >= 0.3 is 0 Å². The smallest absolute Gasteiger partial charge is 0.191 e. The Morgan fingerprint density at radius 2 is 2.08 bits per heavy atom. The molecule has 0 aromatic carbocycles. The van der Waals surface area contributed by atoms with E-state index in [4.69, 9.17) is 4.74 Å². The molecule has 1 unspecified atom stereocenters. The average molecular weight is 353 g/mol. The molecule has 0 aliphatic carbocycles. The second kappa shape index (κ2) is 8.83. The Labute approximate surface area is 150 Å². The molecule has 1 fully saturated rings. The summed E-state index contributed by atoms with van der Waals surface area (Å²) in [6.45, 7) is 13.4. The fraction of sp³-hybridized carbons (Fsp3) is 0.722. The van der Waals surface area contributed by atoms with E-state index in [1.165, 1.54) is 9.75 Å².